The number of nitrogens with zero attached hydrogens (tertiary/aromatic N) is 2. The van der Waals surface area contributed by atoms with E-state index in [1.165, 1.54) is 16.0 Å². The molecule has 0 spiro atoms. The maximum atomic E-state index is 12.6. The SMILES string of the molecule is CCOC(=O)c1c(NC(=S)NC(=O)c2c(Cl)c(C)nn2C)sc2c1CC[C@H](C)C2. The molecule has 0 radical (unpaired) electrons. The first-order valence-electron chi connectivity index (χ1n) is 9.35. The number of aryl methyl sites for hydroxylation is 2. The highest BCUT2D eigenvalue weighted by atomic mass is 35.5. The number of hydrogen-bond acceptors (Lipinski definition) is 6. The number of aromatic nitrogens is 2. The molecule has 1 aliphatic rings. The van der Waals surface area contributed by atoms with Crippen LogP contribution in [0, 0.1) is 12.8 Å². The van der Waals surface area contributed by atoms with Crippen LogP contribution in [0.3, 0.4) is 0 Å². The van der Waals surface area contributed by atoms with E-state index in [1.807, 2.05) is 0 Å². The van der Waals surface area contributed by atoms with Crippen molar-refractivity contribution in [2.75, 3.05) is 11.9 Å². The molecular weight excluding hydrogens is 432 g/mol. The summed E-state index contributed by atoms with van der Waals surface area (Å²) in [4.78, 5) is 26.3. The van der Waals surface area contributed by atoms with Gasteiger partial charge in [-0.3, -0.25) is 14.8 Å². The molecule has 0 aliphatic heterocycles. The Hall–Kier alpha value is -1.97. The minimum absolute atomic E-state index is 0.0853. The van der Waals surface area contributed by atoms with Crippen molar-refractivity contribution in [1.82, 2.24) is 15.1 Å². The molecule has 10 heteroatoms. The number of rotatable bonds is 4. The van der Waals surface area contributed by atoms with E-state index in [1.54, 1.807) is 20.9 Å². The molecule has 0 aromatic carbocycles. The van der Waals surface area contributed by atoms with Gasteiger partial charge in [0, 0.05) is 11.9 Å². The molecule has 1 atom stereocenters. The van der Waals surface area contributed by atoms with Gasteiger partial charge in [-0.2, -0.15) is 5.10 Å². The average molecular weight is 455 g/mol. The third kappa shape index (κ3) is 4.46. The van der Waals surface area contributed by atoms with Crippen LogP contribution in [0.5, 0.6) is 0 Å². The van der Waals surface area contributed by atoms with Gasteiger partial charge in [0.2, 0.25) is 0 Å². The molecular formula is C19H23ClN4O3S2. The summed E-state index contributed by atoms with van der Waals surface area (Å²) in [6.45, 7) is 5.98. The van der Waals surface area contributed by atoms with Gasteiger partial charge in [-0.15, -0.1) is 11.3 Å². The Labute approximate surface area is 183 Å². The standard InChI is InChI=1S/C19H23ClN4O3S2/c1-5-27-18(26)13-11-7-6-9(2)8-12(11)29-17(13)22-19(28)21-16(25)15-14(20)10(3)23-24(15)4/h9H,5-8H2,1-4H3,(H2,21,22,25,28)/t9-/m0/s1. The average Bonchev–Trinajstić information content (AvgIpc) is 3.10. The van der Waals surface area contributed by atoms with Gasteiger partial charge in [-0.1, -0.05) is 18.5 Å². The van der Waals surface area contributed by atoms with E-state index in [2.05, 4.69) is 22.7 Å². The number of fused-ring (bicyclic) bond motifs is 1. The first-order chi connectivity index (χ1) is 13.7. The van der Waals surface area contributed by atoms with Crippen LogP contribution in [0.25, 0.3) is 0 Å². The van der Waals surface area contributed by atoms with E-state index < -0.39 is 5.91 Å². The van der Waals surface area contributed by atoms with Gasteiger partial charge in [0.25, 0.3) is 5.91 Å². The smallest absolute Gasteiger partial charge is 0.341 e. The minimum atomic E-state index is -0.469. The minimum Gasteiger partial charge on any atom is -0.462 e. The number of thiocarbonyl (C=S) groups is 1. The molecule has 2 heterocycles. The van der Waals surface area contributed by atoms with Gasteiger partial charge in [-0.25, -0.2) is 4.79 Å². The summed E-state index contributed by atoms with van der Waals surface area (Å²) in [5, 5.41) is 10.7. The summed E-state index contributed by atoms with van der Waals surface area (Å²) in [5.74, 6) is -0.282. The number of ether oxygens (including phenoxy) is 1. The molecule has 0 saturated heterocycles. The van der Waals surface area contributed by atoms with Gasteiger partial charge >= 0.3 is 5.97 Å². The summed E-state index contributed by atoms with van der Waals surface area (Å²) in [6.07, 6.45) is 2.76. The summed E-state index contributed by atoms with van der Waals surface area (Å²) >= 11 is 13.0. The second-order valence-corrected chi connectivity index (χ2v) is 8.95. The summed E-state index contributed by atoms with van der Waals surface area (Å²) in [6, 6.07) is 0. The summed E-state index contributed by atoms with van der Waals surface area (Å²) in [7, 11) is 1.64. The zero-order valence-electron chi connectivity index (χ0n) is 16.7. The number of thiophene rings is 1. The fraction of sp³-hybridized carbons (Fsp3) is 0.474. The van der Waals surface area contributed by atoms with Crippen LogP contribution >= 0.6 is 35.2 Å². The molecule has 2 aromatic rings. The predicted octanol–water partition coefficient (Wildman–Crippen LogP) is 3.87. The molecule has 0 unspecified atom stereocenters. The number of anilines is 1. The Morgan fingerprint density at radius 2 is 2.17 bits per heavy atom. The first kappa shape index (κ1) is 21.7. The quantitative estimate of drug-likeness (QED) is 0.538. The molecule has 2 aromatic heterocycles. The summed E-state index contributed by atoms with van der Waals surface area (Å²) in [5.41, 5.74) is 2.32. The number of esters is 1. The number of halogens is 1. The van der Waals surface area contributed by atoms with Crippen molar-refractivity contribution < 1.29 is 14.3 Å². The van der Waals surface area contributed by atoms with Gasteiger partial charge in [0.15, 0.2) is 5.11 Å². The van der Waals surface area contributed by atoms with Crippen molar-refractivity contribution >= 4 is 57.1 Å². The summed E-state index contributed by atoms with van der Waals surface area (Å²) < 4.78 is 6.66. The van der Waals surface area contributed by atoms with E-state index in [4.69, 9.17) is 28.6 Å². The van der Waals surface area contributed by atoms with Crippen molar-refractivity contribution in [3.05, 3.63) is 32.4 Å². The monoisotopic (exact) mass is 454 g/mol. The van der Waals surface area contributed by atoms with Gasteiger partial charge in [0.1, 0.15) is 10.7 Å². The van der Waals surface area contributed by atoms with Crippen LogP contribution in [0.2, 0.25) is 5.02 Å². The third-order valence-corrected chi connectivity index (χ3v) is 6.64. The van der Waals surface area contributed by atoms with E-state index in [0.717, 1.165) is 29.7 Å². The highest BCUT2D eigenvalue weighted by Crippen LogP contribution is 2.40. The lowest BCUT2D eigenvalue weighted by atomic mass is 9.88. The van der Waals surface area contributed by atoms with Crippen molar-refractivity contribution in [2.45, 2.75) is 40.0 Å². The molecule has 7 nitrogen and oxygen atoms in total. The maximum absolute atomic E-state index is 12.6. The van der Waals surface area contributed by atoms with Gasteiger partial charge < -0.3 is 10.1 Å². The lowest BCUT2D eigenvalue weighted by Crippen LogP contribution is -2.35. The Morgan fingerprint density at radius 1 is 1.45 bits per heavy atom. The van der Waals surface area contributed by atoms with Crippen LogP contribution < -0.4 is 10.6 Å². The number of nitrogens with one attached hydrogen (secondary N) is 2. The lowest BCUT2D eigenvalue weighted by Gasteiger charge is -2.18. The van der Waals surface area contributed by atoms with E-state index in [9.17, 15) is 9.59 Å². The van der Waals surface area contributed by atoms with E-state index in [0.29, 0.717) is 28.8 Å². The zero-order chi connectivity index (χ0) is 21.3. The molecule has 156 valence electrons. The second kappa shape index (κ2) is 8.81. The molecule has 0 saturated carbocycles. The number of amides is 1. The number of carbonyl (C=O) groups is 2. The Balaban J connectivity index is 1.82. The normalized spacial score (nSPS) is 15.6. The molecule has 0 bridgehead atoms. The Bertz CT molecular complexity index is 983. The zero-order valence-corrected chi connectivity index (χ0v) is 19.1. The highest BCUT2D eigenvalue weighted by molar-refractivity contribution is 7.80. The predicted molar refractivity (Wildman–Crippen MR) is 118 cm³/mol. The van der Waals surface area contributed by atoms with Crippen molar-refractivity contribution in [1.29, 1.82) is 0 Å². The van der Waals surface area contributed by atoms with E-state index >= 15 is 0 Å². The van der Waals surface area contributed by atoms with Gasteiger partial charge in [-0.05, 0) is 56.8 Å². The number of hydrogen-bond donors (Lipinski definition) is 2. The van der Waals surface area contributed by atoms with Crippen LogP contribution in [-0.4, -0.2) is 33.4 Å². The van der Waals surface area contributed by atoms with Gasteiger partial charge in [0.05, 0.1) is 22.9 Å². The molecule has 29 heavy (non-hydrogen) atoms. The molecule has 2 N–H and O–H groups in total. The molecule has 1 aliphatic carbocycles. The fourth-order valence-corrected chi connectivity index (χ4v) is 5.34. The Kier molecular flexibility index (Phi) is 6.60. The topological polar surface area (TPSA) is 85.2 Å². The number of carbonyl (C=O) groups excluding carboxylic acids is 2. The molecule has 1 amide bonds. The molecule has 0 fully saturated rings. The third-order valence-electron chi connectivity index (χ3n) is 4.81. The lowest BCUT2D eigenvalue weighted by molar-refractivity contribution is 0.0526. The van der Waals surface area contributed by atoms with E-state index in [-0.39, 0.29) is 21.8 Å². The second-order valence-electron chi connectivity index (χ2n) is 7.06. The largest absolute Gasteiger partial charge is 0.462 e. The van der Waals surface area contributed by atoms with Crippen LogP contribution in [0.1, 0.15) is 57.2 Å². The maximum Gasteiger partial charge on any atom is 0.341 e. The van der Waals surface area contributed by atoms with Crippen LogP contribution in [0.15, 0.2) is 0 Å². The van der Waals surface area contributed by atoms with Crippen molar-refractivity contribution in [2.24, 2.45) is 13.0 Å². The van der Waals surface area contributed by atoms with Crippen molar-refractivity contribution in [3.8, 4) is 0 Å². The molecule has 3 rings (SSSR count). The highest BCUT2D eigenvalue weighted by Gasteiger charge is 2.29. The fourth-order valence-electron chi connectivity index (χ4n) is 3.43. The van der Waals surface area contributed by atoms with Crippen molar-refractivity contribution in [3.63, 3.8) is 0 Å². The Morgan fingerprint density at radius 3 is 2.79 bits per heavy atom. The van der Waals surface area contributed by atoms with Crippen LogP contribution in [0.4, 0.5) is 5.00 Å². The van der Waals surface area contributed by atoms with Crippen LogP contribution in [-0.2, 0) is 24.6 Å². The first-order valence-corrected chi connectivity index (χ1v) is 11.0.